The zero-order chi connectivity index (χ0) is 12.5. The summed E-state index contributed by atoms with van der Waals surface area (Å²) in [4.78, 5) is 4.82. The highest BCUT2D eigenvalue weighted by Crippen LogP contribution is 2.29. The molecule has 2 saturated heterocycles. The van der Waals surface area contributed by atoms with Gasteiger partial charge in [0.2, 0.25) is 0 Å². The Labute approximate surface area is 107 Å². The van der Waals surface area contributed by atoms with Crippen molar-refractivity contribution in [3.05, 3.63) is 24.0 Å². The number of fused-ring (bicyclic) bond motifs is 1. The first kappa shape index (κ1) is 11.8. The van der Waals surface area contributed by atoms with Gasteiger partial charge in [0.15, 0.2) is 0 Å². The van der Waals surface area contributed by atoms with Gasteiger partial charge in [-0.1, -0.05) is 0 Å². The Morgan fingerprint density at radius 1 is 1.17 bits per heavy atom. The minimum absolute atomic E-state index is 0.202. The predicted octanol–water partition coefficient (Wildman–Crippen LogP) is 2.08. The summed E-state index contributed by atoms with van der Waals surface area (Å²) in [7, 11) is 0. The van der Waals surface area contributed by atoms with Gasteiger partial charge in [-0.15, -0.1) is 0 Å². The average molecular weight is 249 g/mol. The van der Waals surface area contributed by atoms with Gasteiger partial charge in [0, 0.05) is 25.7 Å². The van der Waals surface area contributed by atoms with E-state index in [-0.39, 0.29) is 5.82 Å². The van der Waals surface area contributed by atoms with Crippen molar-refractivity contribution < 1.29 is 4.39 Å². The van der Waals surface area contributed by atoms with Gasteiger partial charge in [0.05, 0.1) is 11.4 Å². The molecule has 0 saturated carbocycles. The normalized spacial score (nSPS) is 24.9. The van der Waals surface area contributed by atoms with Crippen LogP contribution in [0, 0.1) is 5.82 Å². The molecule has 3 nitrogen and oxygen atoms in total. The van der Waals surface area contributed by atoms with Gasteiger partial charge in [-0.25, -0.2) is 4.39 Å². The van der Waals surface area contributed by atoms with Crippen molar-refractivity contribution >= 4 is 11.4 Å². The average Bonchev–Trinajstić information content (AvgIpc) is 2.70. The zero-order valence-electron chi connectivity index (χ0n) is 10.6. The molecule has 0 amide bonds. The monoisotopic (exact) mass is 249 g/mol. The number of benzene rings is 1. The Hall–Kier alpha value is -1.29. The number of nitrogen functional groups attached to an aromatic ring is 1. The molecule has 4 heteroatoms. The molecule has 18 heavy (non-hydrogen) atoms. The molecule has 1 atom stereocenters. The van der Waals surface area contributed by atoms with Gasteiger partial charge in [0.25, 0.3) is 0 Å². The second-order valence-electron chi connectivity index (χ2n) is 5.33. The summed E-state index contributed by atoms with van der Waals surface area (Å²) in [6, 6.07) is 5.29. The minimum atomic E-state index is -0.202. The highest BCUT2D eigenvalue weighted by molar-refractivity contribution is 5.67. The third kappa shape index (κ3) is 2.17. The number of nitrogens with two attached hydrogens (primary N) is 1. The van der Waals surface area contributed by atoms with E-state index in [0.717, 1.165) is 31.7 Å². The quantitative estimate of drug-likeness (QED) is 0.773. The number of nitrogens with zero attached hydrogens (tertiary/aromatic N) is 2. The lowest BCUT2D eigenvalue weighted by molar-refractivity contribution is 0.273. The van der Waals surface area contributed by atoms with Gasteiger partial charge >= 0.3 is 0 Å². The fraction of sp³-hybridized carbons (Fsp3) is 0.571. The summed E-state index contributed by atoms with van der Waals surface area (Å²) in [5.41, 5.74) is 7.53. The fourth-order valence-electron chi connectivity index (χ4n) is 3.22. The Morgan fingerprint density at radius 2 is 2.00 bits per heavy atom. The largest absolute Gasteiger partial charge is 0.397 e. The molecule has 1 unspecified atom stereocenters. The predicted molar refractivity (Wildman–Crippen MR) is 72.2 cm³/mol. The Balaban J connectivity index is 1.84. The molecular formula is C14H20FN3. The maximum absolute atomic E-state index is 13.4. The number of hydrogen-bond acceptors (Lipinski definition) is 3. The van der Waals surface area contributed by atoms with Gasteiger partial charge < -0.3 is 10.6 Å². The summed E-state index contributed by atoms with van der Waals surface area (Å²) in [6.45, 7) is 4.34. The van der Waals surface area contributed by atoms with Crippen molar-refractivity contribution in [3.8, 4) is 0 Å². The molecule has 0 aliphatic carbocycles. The lowest BCUT2D eigenvalue weighted by atomic mass is 10.2. The van der Waals surface area contributed by atoms with Gasteiger partial charge in [0.1, 0.15) is 5.82 Å². The van der Waals surface area contributed by atoms with Crippen molar-refractivity contribution in [2.24, 2.45) is 0 Å². The molecule has 2 aliphatic heterocycles. The third-order valence-electron chi connectivity index (χ3n) is 4.14. The zero-order valence-corrected chi connectivity index (χ0v) is 10.6. The van der Waals surface area contributed by atoms with Crippen LogP contribution in [0.1, 0.15) is 19.3 Å². The summed E-state index contributed by atoms with van der Waals surface area (Å²) in [5, 5.41) is 0. The third-order valence-corrected chi connectivity index (χ3v) is 4.14. The van der Waals surface area contributed by atoms with E-state index >= 15 is 0 Å². The molecule has 3 rings (SSSR count). The minimum Gasteiger partial charge on any atom is -0.397 e. The van der Waals surface area contributed by atoms with Crippen molar-refractivity contribution in [2.45, 2.75) is 25.3 Å². The van der Waals surface area contributed by atoms with E-state index in [9.17, 15) is 4.39 Å². The smallest absolute Gasteiger partial charge is 0.125 e. The first-order chi connectivity index (χ1) is 8.74. The topological polar surface area (TPSA) is 32.5 Å². The van der Waals surface area contributed by atoms with Crippen LogP contribution < -0.4 is 10.6 Å². The molecule has 2 N–H and O–H groups in total. The van der Waals surface area contributed by atoms with Crippen molar-refractivity contribution in [2.75, 3.05) is 36.8 Å². The van der Waals surface area contributed by atoms with Crippen LogP contribution in [0.4, 0.5) is 15.8 Å². The molecule has 0 aromatic heterocycles. The van der Waals surface area contributed by atoms with Crippen LogP contribution in [0.15, 0.2) is 18.2 Å². The maximum Gasteiger partial charge on any atom is 0.125 e. The van der Waals surface area contributed by atoms with Crippen LogP contribution in [-0.4, -0.2) is 37.1 Å². The van der Waals surface area contributed by atoms with Crippen molar-refractivity contribution in [3.63, 3.8) is 0 Å². The van der Waals surface area contributed by atoms with Crippen LogP contribution in [0.2, 0.25) is 0 Å². The van der Waals surface area contributed by atoms with Crippen LogP contribution in [0.5, 0.6) is 0 Å². The molecule has 1 aromatic carbocycles. The molecule has 0 bridgehead atoms. The van der Waals surface area contributed by atoms with Crippen LogP contribution >= 0.6 is 0 Å². The van der Waals surface area contributed by atoms with E-state index in [1.165, 1.54) is 25.5 Å². The molecular weight excluding hydrogens is 229 g/mol. The number of halogens is 1. The summed E-state index contributed by atoms with van der Waals surface area (Å²) in [5.74, 6) is -0.202. The maximum atomic E-state index is 13.4. The lowest BCUT2D eigenvalue weighted by Crippen LogP contribution is -2.36. The van der Waals surface area contributed by atoms with E-state index in [1.807, 2.05) is 0 Å². The Morgan fingerprint density at radius 3 is 2.89 bits per heavy atom. The van der Waals surface area contributed by atoms with Crippen LogP contribution in [-0.2, 0) is 0 Å². The van der Waals surface area contributed by atoms with E-state index in [0.29, 0.717) is 11.7 Å². The highest BCUT2D eigenvalue weighted by atomic mass is 19.1. The van der Waals surface area contributed by atoms with Crippen LogP contribution in [0.25, 0.3) is 0 Å². The van der Waals surface area contributed by atoms with E-state index in [4.69, 9.17) is 5.73 Å². The molecule has 98 valence electrons. The second-order valence-corrected chi connectivity index (χ2v) is 5.33. The van der Waals surface area contributed by atoms with E-state index in [2.05, 4.69) is 9.80 Å². The summed E-state index contributed by atoms with van der Waals surface area (Å²) >= 11 is 0. The first-order valence-corrected chi connectivity index (χ1v) is 6.78. The van der Waals surface area contributed by atoms with Gasteiger partial charge in [-0.2, -0.15) is 0 Å². The standard InChI is InChI=1S/C14H20FN3/c15-11-4-5-13(16)14(9-11)18-8-2-7-17-6-1-3-12(17)10-18/h4-5,9,12H,1-3,6-8,10,16H2. The number of rotatable bonds is 1. The van der Waals surface area contributed by atoms with E-state index in [1.54, 1.807) is 12.1 Å². The molecule has 0 radical (unpaired) electrons. The second kappa shape index (κ2) is 4.76. The first-order valence-electron chi connectivity index (χ1n) is 6.78. The molecule has 2 heterocycles. The van der Waals surface area contributed by atoms with E-state index < -0.39 is 0 Å². The van der Waals surface area contributed by atoms with Crippen molar-refractivity contribution in [1.29, 1.82) is 0 Å². The molecule has 1 aromatic rings. The van der Waals surface area contributed by atoms with Crippen molar-refractivity contribution in [1.82, 2.24) is 4.90 Å². The summed E-state index contributed by atoms with van der Waals surface area (Å²) < 4.78 is 13.4. The molecule has 2 aliphatic rings. The molecule has 0 spiro atoms. The van der Waals surface area contributed by atoms with Gasteiger partial charge in [-0.3, -0.25) is 4.90 Å². The number of anilines is 2. The van der Waals surface area contributed by atoms with Crippen LogP contribution in [0.3, 0.4) is 0 Å². The summed E-state index contributed by atoms with van der Waals surface area (Å²) in [6.07, 6.45) is 3.68. The Kier molecular flexibility index (Phi) is 3.12. The lowest BCUT2D eigenvalue weighted by Gasteiger charge is -2.28. The number of hydrogen-bond donors (Lipinski definition) is 1. The Bertz CT molecular complexity index is 435. The fourth-order valence-corrected chi connectivity index (χ4v) is 3.22. The SMILES string of the molecule is Nc1ccc(F)cc1N1CCCN2CCCC2C1. The van der Waals surface area contributed by atoms with Gasteiger partial charge in [-0.05, 0) is 44.0 Å². The molecule has 2 fully saturated rings. The highest BCUT2D eigenvalue weighted by Gasteiger charge is 2.29.